The summed E-state index contributed by atoms with van der Waals surface area (Å²) in [6.07, 6.45) is 6.71. The third-order valence-corrected chi connectivity index (χ3v) is 4.19. The summed E-state index contributed by atoms with van der Waals surface area (Å²) in [4.78, 5) is 2.46. The number of likely N-dealkylation sites (N-methyl/N-ethyl adjacent to an activating group) is 1. The van der Waals surface area contributed by atoms with Gasteiger partial charge >= 0.3 is 0 Å². The Labute approximate surface area is 93.4 Å². The fourth-order valence-electron chi connectivity index (χ4n) is 3.02. The Hall–Kier alpha value is -0.120. The highest BCUT2D eigenvalue weighted by Crippen LogP contribution is 2.29. The first-order chi connectivity index (χ1) is 7.27. The van der Waals surface area contributed by atoms with Crippen molar-refractivity contribution in [2.45, 2.75) is 44.2 Å². The summed E-state index contributed by atoms with van der Waals surface area (Å²) < 4.78 is 0. The van der Waals surface area contributed by atoms with Crippen molar-refractivity contribution in [3.05, 3.63) is 0 Å². The molecule has 2 unspecified atom stereocenters. The molecule has 3 N–H and O–H groups in total. The number of nitrogens with zero attached hydrogens (tertiary/aromatic N) is 1. The van der Waals surface area contributed by atoms with E-state index in [1.165, 1.54) is 38.6 Å². The Kier molecular flexibility index (Phi) is 4.00. The first-order valence-corrected chi connectivity index (χ1v) is 6.44. The fraction of sp³-hybridized carbons (Fsp3) is 1.00. The van der Waals surface area contributed by atoms with Crippen molar-refractivity contribution in [3.63, 3.8) is 0 Å². The molecule has 2 rings (SSSR count). The van der Waals surface area contributed by atoms with Crippen LogP contribution in [-0.4, -0.2) is 43.7 Å². The molecule has 0 aromatic carbocycles. The molecule has 0 bridgehead atoms. The van der Waals surface area contributed by atoms with Gasteiger partial charge in [-0.15, -0.1) is 0 Å². The van der Waals surface area contributed by atoms with Crippen molar-refractivity contribution in [2.75, 3.05) is 26.7 Å². The molecular weight excluding hydrogens is 186 g/mol. The molecule has 1 aliphatic heterocycles. The molecule has 3 nitrogen and oxygen atoms in total. The van der Waals surface area contributed by atoms with Crippen LogP contribution in [0.2, 0.25) is 0 Å². The molecule has 15 heavy (non-hydrogen) atoms. The van der Waals surface area contributed by atoms with Crippen molar-refractivity contribution in [1.29, 1.82) is 0 Å². The van der Waals surface area contributed by atoms with Gasteiger partial charge in [0.15, 0.2) is 0 Å². The van der Waals surface area contributed by atoms with Gasteiger partial charge in [0.25, 0.3) is 0 Å². The topological polar surface area (TPSA) is 41.3 Å². The summed E-state index contributed by atoms with van der Waals surface area (Å²) in [6, 6.07) is 1.09. The summed E-state index contributed by atoms with van der Waals surface area (Å²) >= 11 is 0. The second-order valence-corrected chi connectivity index (χ2v) is 5.28. The molecule has 1 heterocycles. The van der Waals surface area contributed by atoms with Crippen LogP contribution >= 0.6 is 0 Å². The van der Waals surface area contributed by atoms with Gasteiger partial charge in [-0.2, -0.15) is 0 Å². The molecule has 3 heteroatoms. The molecule has 0 spiro atoms. The molecule has 1 saturated heterocycles. The lowest BCUT2D eigenvalue weighted by Gasteiger charge is -2.35. The van der Waals surface area contributed by atoms with Crippen LogP contribution in [0.3, 0.4) is 0 Å². The van der Waals surface area contributed by atoms with E-state index in [0.29, 0.717) is 12.1 Å². The molecule has 0 radical (unpaired) electrons. The van der Waals surface area contributed by atoms with Crippen LogP contribution in [0.5, 0.6) is 0 Å². The smallest absolute Gasteiger partial charge is 0.0232 e. The molecule has 1 aliphatic carbocycles. The number of rotatable bonds is 3. The van der Waals surface area contributed by atoms with Crippen LogP contribution in [-0.2, 0) is 0 Å². The van der Waals surface area contributed by atoms with E-state index in [4.69, 9.17) is 5.73 Å². The molecule has 0 amide bonds. The van der Waals surface area contributed by atoms with Crippen molar-refractivity contribution in [1.82, 2.24) is 10.2 Å². The lowest BCUT2D eigenvalue weighted by atomic mass is 9.92. The largest absolute Gasteiger partial charge is 0.327 e. The lowest BCUT2D eigenvalue weighted by Crippen LogP contribution is -2.51. The zero-order valence-electron chi connectivity index (χ0n) is 9.91. The van der Waals surface area contributed by atoms with Crippen LogP contribution in [0.1, 0.15) is 32.1 Å². The first kappa shape index (κ1) is 11.4. The highest BCUT2D eigenvalue weighted by Gasteiger charge is 2.27. The Morgan fingerprint density at radius 3 is 2.80 bits per heavy atom. The number of hydrogen-bond donors (Lipinski definition) is 2. The average molecular weight is 211 g/mol. The van der Waals surface area contributed by atoms with Crippen LogP contribution in [0.25, 0.3) is 0 Å². The second kappa shape index (κ2) is 5.28. The third-order valence-electron chi connectivity index (χ3n) is 4.19. The quantitative estimate of drug-likeness (QED) is 0.725. The highest BCUT2D eigenvalue weighted by molar-refractivity contribution is 4.85. The maximum atomic E-state index is 6.32. The van der Waals surface area contributed by atoms with Gasteiger partial charge in [0.1, 0.15) is 0 Å². The average Bonchev–Trinajstić information content (AvgIpc) is 2.74. The summed E-state index contributed by atoms with van der Waals surface area (Å²) in [7, 11) is 2.23. The van der Waals surface area contributed by atoms with Crippen LogP contribution in [0.4, 0.5) is 0 Å². The molecule has 1 saturated carbocycles. The van der Waals surface area contributed by atoms with Crippen molar-refractivity contribution in [3.8, 4) is 0 Å². The van der Waals surface area contributed by atoms with Crippen molar-refractivity contribution >= 4 is 0 Å². The number of hydrogen-bond acceptors (Lipinski definition) is 3. The molecule has 88 valence electrons. The fourth-order valence-corrected chi connectivity index (χ4v) is 3.02. The summed E-state index contributed by atoms with van der Waals surface area (Å²) in [5.41, 5.74) is 6.32. The Balaban J connectivity index is 1.78. The molecule has 0 aromatic rings. The Morgan fingerprint density at radius 1 is 1.40 bits per heavy atom. The first-order valence-electron chi connectivity index (χ1n) is 6.44. The van der Waals surface area contributed by atoms with Gasteiger partial charge < -0.3 is 16.0 Å². The number of piperazine rings is 1. The zero-order valence-corrected chi connectivity index (χ0v) is 9.91. The minimum atomic E-state index is 0.430. The van der Waals surface area contributed by atoms with E-state index in [2.05, 4.69) is 17.3 Å². The van der Waals surface area contributed by atoms with E-state index >= 15 is 0 Å². The minimum Gasteiger partial charge on any atom is -0.327 e. The number of nitrogens with one attached hydrogen (secondary N) is 1. The van der Waals surface area contributed by atoms with E-state index in [9.17, 15) is 0 Å². The van der Waals surface area contributed by atoms with Gasteiger partial charge in [-0.3, -0.25) is 0 Å². The van der Waals surface area contributed by atoms with Gasteiger partial charge in [-0.25, -0.2) is 0 Å². The summed E-state index contributed by atoms with van der Waals surface area (Å²) in [5, 5.41) is 3.46. The van der Waals surface area contributed by atoms with Crippen LogP contribution in [0.15, 0.2) is 0 Å². The molecule has 2 aliphatic rings. The number of nitrogens with two attached hydrogens (primary N) is 1. The predicted molar refractivity (Wildman–Crippen MR) is 63.8 cm³/mol. The third kappa shape index (κ3) is 2.92. The lowest BCUT2D eigenvalue weighted by molar-refractivity contribution is 0.172. The Morgan fingerprint density at radius 2 is 2.13 bits per heavy atom. The van der Waals surface area contributed by atoms with Crippen LogP contribution in [0, 0.1) is 5.92 Å². The highest BCUT2D eigenvalue weighted by atomic mass is 15.2. The van der Waals surface area contributed by atoms with Gasteiger partial charge in [0.2, 0.25) is 0 Å². The van der Waals surface area contributed by atoms with Gasteiger partial charge in [0, 0.05) is 31.7 Å². The van der Waals surface area contributed by atoms with Crippen molar-refractivity contribution in [2.24, 2.45) is 11.7 Å². The molecule has 2 fully saturated rings. The van der Waals surface area contributed by atoms with E-state index in [1.54, 1.807) is 0 Å². The summed E-state index contributed by atoms with van der Waals surface area (Å²) in [6.45, 7) is 3.42. The normalized spacial score (nSPS) is 32.0. The predicted octanol–water partition coefficient (Wildman–Crippen LogP) is 0.798. The molecule has 0 aromatic heterocycles. The van der Waals surface area contributed by atoms with E-state index in [1.807, 2.05) is 0 Å². The van der Waals surface area contributed by atoms with Crippen molar-refractivity contribution < 1.29 is 0 Å². The van der Waals surface area contributed by atoms with Gasteiger partial charge in [-0.1, -0.05) is 12.8 Å². The monoisotopic (exact) mass is 211 g/mol. The van der Waals surface area contributed by atoms with Crippen LogP contribution < -0.4 is 11.1 Å². The SMILES string of the molecule is CN1CCNCC1CC(N)C1CCCC1. The van der Waals surface area contributed by atoms with E-state index in [-0.39, 0.29) is 0 Å². The second-order valence-electron chi connectivity index (χ2n) is 5.28. The maximum Gasteiger partial charge on any atom is 0.0232 e. The Bertz CT molecular complexity index is 189. The van der Waals surface area contributed by atoms with Gasteiger partial charge in [0.05, 0.1) is 0 Å². The van der Waals surface area contributed by atoms with E-state index in [0.717, 1.165) is 19.0 Å². The minimum absolute atomic E-state index is 0.430. The standard InChI is InChI=1S/C12H25N3/c1-15-7-6-14-9-11(15)8-12(13)10-4-2-3-5-10/h10-12,14H,2-9,13H2,1H3. The molecule has 2 atom stereocenters. The zero-order chi connectivity index (χ0) is 10.7. The van der Waals surface area contributed by atoms with E-state index < -0.39 is 0 Å². The van der Waals surface area contributed by atoms with Gasteiger partial charge in [-0.05, 0) is 32.2 Å². The molecular formula is C12H25N3. The maximum absolute atomic E-state index is 6.32. The summed E-state index contributed by atoms with van der Waals surface area (Å²) in [5.74, 6) is 0.806.